The molecule has 0 saturated carbocycles. The van der Waals surface area contributed by atoms with Gasteiger partial charge in [0, 0.05) is 3.57 Å². The third-order valence-corrected chi connectivity index (χ3v) is 2.78. The number of rotatable bonds is 2. The quantitative estimate of drug-likeness (QED) is 0.748. The van der Waals surface area contributed by atoms with Gasteiger partial charge in [0.15, 0.2) is 0 Å². The Morgan fingerprint density at radius 1 is 1.00 bits per heavy atom. The van der Waals surface area contributed by atoms with Gasteiger partial charge in [0.2, 0.25) is 0 Å². The molecular formula is C13H11IO. The van der Waals surface area contributed by atoms with Crippen molar-refractivity contribution in [3.05, 3.63) is 57.7 Å². The fourth-order valence-corrected chi connectivity index (χ4v) is 1.99. The van der Waals surface area contributed by atoms with Crippen LogP contribution in [0.25, 0.3) is 0 Å². The van der Waals surface area contributed by atoms with Crippen LogP contribution >= 0.6 is 22.6 Å². The lowest BCUT2D eigenvalue weighted by molar-refractivity contribution is 0.479. The maximum atomic E-state index is 5.76. The summed E-state index contributed by atoms with van der Waals surface area (Å²) in [6, 6.07) is 16.0. The number of hydrogen-bond acceptors (Lipinski definition) is 1. The van der Waals surface area contributed by atoms with Gasteiger partial charge >= 0.3 is 0 Å². The average Bonchev–Trinajstić information content (AvgIpc) is 2.24. The van der Waals surface area contributed by atoms with E-state index in [1.165, 1.54) is 3.57 Å². The van der Waals surface area contributed by atoms with E-state index < -0.39 is 0 Å². The van der Waals surface area contributed by atoms with Gasteiger partial charge in [0.1, 0.15) is 11.5 Å². The number of halogens is 1. The lowest BCUT2D eigenvalue weighted by Gasteiger charge is -2.08. The smallest absolute Gasteiger partial charge is 0.130 e. The molecule has 0 spiro atoms. The minimum atomic E-state index is 0.877. The van der Waals surface area contributed by atoms with Crippen molar-refractivity contribution in [2.24, 2.45) is 0 Å². The summed E-state index contributed by atoms with van der Waals surface area (Å²) in [7, 11) is 0. The Morgan fingerprint density at radius 3 is 2.40 bits per heavy atom. The van der Waals surface area contributed by atoms with Crippen LogP contribution in [0.4, 0.5) is 0 Å². The molecule has 0 amide bonds. The maximum absolute atomic E-state index is 5.76. The second-order valence-corrected chi connectivity index (χ2v) is 4.57. The Balaban J connectivity index is 2.25. The summed E-state index contributed by atoms with van der Waals surface area (Å²) < 4.78 is 6.99. The monoisotopic (exact) mass is 310 g/mol. The molecule has 0 atom stereocenters. The van der Waals surface area contributed by atoms with Crippen LogP contribution in [-0.2, 0) is 0 Å². The Labute approximate surface area is 103 Å². The molecule has 2 heteroatoms. The molecule has 0 saturated heterocycles. The summed E-state index contributed by atoms with van der Waals surface area (Å²) >= 11 is 2.30. The van der Waals surface area contributed by atoms with Crippen LogP contribution in [0.3, 0.4) is 0 Å². The van der Waals surface area contributed by atoms with Gasteiger partial charge in [-0.2, -0.15) is 0 Å². The molecular weight excluding hydrogens is 299 g/mol. The number of aryl methyl sites for hydroxylation is 1. The SMILES string of the molecule is Cc1cc(I)ccc1Oc1ccccc1. The van der Waals surface area contributed by atoms with Gasteiger partial charge < -0.3 is 4.74 Å². The molecule has 0 N–H and O–H groups in total. The van der Waals surface area contributed by atoms with Crippen LogP contribution in [0.1, 0.15) is 5.56 Å². The minimum absolute atomic E-state index is 0.877. The van der Waals surface area contributed by atoms with Crippen LogP contribution in [0.5, 0.6) is 11.5 Å². The van der Waals surface area contributed by atoms with Crippen LogP contribution in [-0.4, -0.2) is 0 Å². The fraction of sp³-hybridized carbons (Fsp3) is 0.0769. The number of ether oxygens (including phenoxy) is 1. The predicted octanol–water partition coefficient (Wildman–Crippen LogP) is 4.39. The average molecular weight is 310 g/mol. The number of benzene rings is 2. The lowest BCUT2D eigenvalue weighted by Crippen LogP contribution is -1.87. The van der Waals surface area contributed by atoms with E-state index in [1.807, 2.05) is 42.5 Å². The topological polar surface area (TPSA) is 9.23 Å². The highest BCUT2D eigenvalue weighted by Gasteiger charge is 2.00. The van der Waals surface area contributed by atoms with E-state index in [9.17, 15) is 0 Å². The van der Waals surface area contributed by atoms with E-state index in [-0.39, 0.29) is 0 Å². The van der Waals surface area contributed by atoms with Crippen LogP contribution < -0.4 is 4.74 Å². The second-order valence-electron chi connectivity index (χ2n) is 3.32. The standard InChI is InChI=1S/C13H11IO/c1-10-9-11(14)7-8-13(10)15-12-5-3-2-4-6-12/h2-9H,1H3. The summed E-state index contributed by atoms with van der Waals surface area (Å²) in [5.41, 5.74) is 1.16. The first kappa shape index (κ1) is 10.5. The molecule has 0 heterocycles. The van der Waals surface area contributed by atoms with Crippen molar-refractivity contribution in [2.75, 3.05) is 0 Å². The highest BCUT2D eigenvalue weighted by Crippen LogP contribution is 2.25. The summed E-state index contributed by atoms with van der Waals surface area (Å²) in [4.78, 5) is 0. The van der Waals surface area contributed by atoms with Crippen LogP contribution in [0.2, 0.25) is 0 Å². The van der Waals surface area contributed by atoms with Crippen molar-refractivity contribution in [1.29, 1.82) is 0 Å². The Bertz CT molecular complexity index is 451. The Hall–Kier alpha value is -1.03. The van der Waals surface area contributed by atoms with Crippen molar-refractivity contribution in [2.45, 2.75) is 6.92 Å². The molecule has 0 aliphatic carbocycles. The molecule has 1 nitrogen and oxygen atoms in total. The van der Waals surface area contributed by atoms with Crippen molar-refractivity contribution in [3.8, 4) is 11.5 Å². The van der Waals surface area contributed by atoms with Crippen LogP contribution in [0.15, 0.2) is 48.5 Å². The van der Waals surface area contributed by atoms with E-state index in [2.05, 4.69) is 35.6 Å². The van der Waals surface area contributed by atoms with E-state index in [0.717, 1.165) is 17.1 Å². The van der Waals surface area contributed by atoms with Gasteiger partial charge in [-0.1, -0.05) is 18.2 Å². The first-order valence-corrected chi connectivity index (χ1v) is 5.82. The zero-order valence-electron chi connectivity index (χ0n) is 8.41. The fourth-order valence-electron chi connectivity index (χ4n) is 1.34. The molecule has 2 aromatic carbocycles. The van der Waals surface area contributed by atoms with Gasteiger partial charge in [0.05, 0.1) is 0 Å². The minimum Gasteiger partial charge on any atom is -0.457 e. The summed E-state index contributed by atoms with van der Waals surface area (Å²) in [5, 5.41) is 0. The molecule has 0 unspecified atom stereocenters. The molecule has 0 aliphatic heterocycles. The van der Waals surface area contributed by atoms with Crippen molar-refractivity contribution in [1.82, 2.24) is 0 Å². The molecule has 76 valence electrons. The highest BCUT2D eigenvalue weighted by molar-refractivity contribution is 14.1. The molecule has 2 rings (SSSR count). The molecule has 0 fully saturated rings. The first-order valence-electron chi connectivity index (χ1n) is 4.75. The maximum Gasteiger partial charge on any atom is 0.130 e. The van der Waals surface area contributed by atoms with Gasteiger partial charge in [-0.3, -0.25) is 0 Å². The highest BCUT2D eigenvalue weighted by atomic mass is 127. The summed E-state index contributed by atoms with van der Waals surface area (Å²) in [6.45, 7) is 2.06. The first-order chi connectivity index (χ1) is 7.25. The second kappa shape index (κ2) is 4.66. The van der Waals surface area contributed by atoms with E-state index in [1.54, 1.807) is 0 Å². The van der Waals surface area contributed by atoms with Crippen molar-refractivity contribution in [3.63, 3.8) is 0 Å². The Morgan fingerprint density at radius 2 is 1.73 bits per heavy atom. The van der Waals surface area contributed by atoms with Gasteiger partial charge in [-0.05, 0) is 65.4 Å². The molecule has 15 heavy (non-hydrogen) atoms. The van der Waals surface area contributed by atoms with Crippen molar-refractivity contribution < 1.29 is 4.74 Å². The van der Waals surface area contributed by atoms with E-state index >= 15 is 0 Å². The van der Waals surface area contributed by atoms with Gasteiger partial charge in [-0.25, -0.2) is 0 Å². The van der Waals surface area contributed by atoms with Gasteiger partial charge in [0.25, 0.3) is 0 Å². The molecule has 0 aromatic heterocycles. The summed E-state index contributed by atoms with van der Waals surface area (Å²) in [6.07, 6.45) is 0. The lowest BCUT2D eigenvalue weighted by atomic mass is 10.2. The van der Waals surface area contributed by atoms with Gasteiger partial charge in [-0.15, -0.1) is 0 Å². The largest absolute Gasteiger partial charge is 0.457 e. The number of para-hydroxylation sites is 1. The third kappa shape index (κ3) is 2.72. The molecule has 0 bridgehead atoms. The molecule has 0 aliphatic rings. The molecule has 0 radical (unpaired) electrons. The zero-order valence-corrected chi connectivity index (χ0v) is 10.6. The van der Waals surface area contributed by atoms with Crippen molar-refractivity contribution >= 4 is 22.6 Å². The van der Waals surface area contributed by atoms with Crippen LogP contribution in [0, 0.1) is 10.5 Å². The van der Waals surface area contributed by atoms with E-state index in [4.69, 9.17) is 4.74 Å². The zero-order chi connectivity index (χ0) is 10.7. The summed E-state index contributed by atoms with van der Waals surface area (Å²) in [5.74, 6) is 1.79. The predicted molar refractivity (Wildman–Crippen MR) is 70.4 cm³/mol. The normalized spacial score (nSPS) is 10.0. The third-order valence-electron chi connectivity index (χ3n) is 2.11. The Kier molecular flexibility index (Phi) is 3.26. The van der Waals surface area contributed by atoms with E-state index in [0.29, 0.717) is 0 Å². The molecule has 2 aromatic rings. The number of hydrogen-bond donors (Lipinski definition) is 0.